The maximum atomic E-state index is 11.8. The Morgan fingerprint density at radius 1 is 1.32 bits per heavy atom. The van der Waals surface area contributed by atoms with Crippen LogP contribution in [0.5, 0.6) is 5.75 Å². The lowest BCUT2D eigenvalue weighted by molar-refractivity contribution is -0.386. The molecular weight excluding hydrogens is 290 g/mol. The van der Waals surface area contributed by atoms with E-state index in [9.17, 15) is 19.7 Å². The molecule has 0 radical (unpaired) electrons. The third-order valence-corrected chi connectivity index (χ3v) is 2.86. The monoisotopic (exact) mass is 305 g/mol. The van der Waals surface area contributed by atoms with Gasteiger partial charge in [-0.15, -0.1) is 0 Å². The third kappa shape index (κ3) is 3.40. The highest BCUT2D eigenvalue weighted by Crippen LogP contribution is 2.20. The first-order valence-electron chi connectivity index (χ1n) is 6.61. The van der Waals surface area contributed by atoms with E-state index in [1.54, 1.807) is 24.3 Å². The highest BCUT2D eigenvalue weighted by atomic mass is 16.6. The van der Waals surface area contributed by atoms with Gasteiger partial charge in [0.1, 0.15) is 5.75 Å². The number of para-hydroxylation sites is 1. The number of benzene rings is 1. The fourth-order valence-electron chi connectivity index (χ4n) is 1.93. The molecule has 0 bridgehead atoms. The van der Waals surface area contributed by atoms with E-state index in [2.05, 4.69) is 0 Å². The van der Waals surface area contributed by atoms with Crippen molar-refractivity contribution >= 4 is 5.69 Å². The van der Waals surface area contributed by atoms with Crippen molar-refractivity contribution in [3.8, 4) is 5.75 Å². The van der Waals surface area contributed by atoms with Gasteiger partial charge in [0.2, 0.25) is 0 Å². The molecule has 1 aromatic heterocycles. The van der Waals surface area contributed by atoms with E-state index in [1.165, 1.54) is 0 Å². The first-order valence-corrected chi connectivity index (χ1v) is 6.61. The van der Waals surface area contributed by atoms with E-state index in [0.29, 0.717) is 11.3 Å². The van der Waals surface area contributed by atoms with Gasteiger partial charge in [-0.25, -0.2) is 4.79 Å². The van der Waals surface area contributed by atoms with Crippen molar-refractivity contribution in [2.75, 3.05) is 0 Å². The van der Waals surface area contributed by atoms with E-state index in [4.69, 9.17) is 4.74 Å². The maximum Gasteiger partial charge on any atom is 0.350 e. The summed E-state index contributed by atoms with van der Waals surface area (Å²) in [5, 5.41) is 10.8. The van der Waals surface area contributed by atoms with Crippen LogP contribution in [0.25, 0.3) is 0 Å². The van der Waals surface area contributed by atoms with Crippen LogP contribution < -0.4 is 16.0 Å². The Kier molecular flexibility index (Phi) is 4.40. The summed E-state index contributed by atoms with van der Waals surface area (Å²) < 4.78 is 6.71. The van der Waals surface area contributed by atoms with Gasteiger partial charge in [-0.05, 0) is 19.9 Å². The van der Waals surface area contributed by atoms with Crippen LogP contribution in [0.15, 0.2) is 40.1 Å². The number of nitrogens with zero attached hydrogens (tertiary/aromatic N) is 2. The summed E-state index contributed by atoms with van der Waals surface area (Å²) in [7, 11) is 0. The zero-order chi connectivity index (χ0) is 16.3. The Labute approximate surface area is 125 Å². The maximum absolute atomic E-state index is 11.8. The topological polar surface area (TPSA) is 107 Å². The van der Waals surface area contributed by atoms with Gasteiger partial charge >= 0.3 is 16.9 Å². The lowest BCUT2D eigenvalue weighted by Gasteiger charge is -2.14. The van der Waals surface area contributed by atoms with Gasteiger partial charge in [-0.2, -0.15) is 0 Å². The summed E-state index contributed by atoms with van der Waals surface area (Å²) in [5.74, 6) is 0.582. The number of rotatable bonds is 5. The Balaban J connectivity index is 2.44. The minimum Gasteiger partial charge on any atom is -0.491 e. The molecule has 22 heavy (non-hydrogen) atoms. The molecule has 0 spiro atoms. The normalized spacial score (nSPS) is 10.7. The smallest absolute Gasteiger partial charge is 0.350 e. The zero-order valence-electron chi connectivity index (χ0n) is 12.1. The van der Waals surface area contributed by atoms with Gasteiger partial charge in [0.05, 0.1) is 23.8 Å². The number of aromatic amines is 1. The fraction of sp³-hybridized carbons (Fsp3) is 0.286. The first-order chi connectivity index (χ1) is 10.4. The van der Waals surface area contributed by atoms with E-state index in [-0.39, 0.29) is 12.6 Å². The Morgan fingerprint density at radius 3 is 2.64 bits per heavy atom. The predicted molar refractivity (Wildman–Crippen MR) is 79.3 cm³/mol. The van der Waals surface area contributed by atoms with Gasteiger partial charge in [-0.1, -0.05) is 18.2 Å². The highest BCUT2D eigenvalue weighted by molar-refractivity contribution is 5.34. The molecule has 1 N–H and O–H groups in total. The highest BCUT2D eigenvalue weighted by Gasteiger charge is 2.16. The Hall–Kier alpha value is -2.90. The van der Waals surface area contributed by atoms with Crippen LogP contribution in [0, 0.1) is 10.1 Å². The van der Waals surface area contributed by atoms with Crippen molar-refractivity contribution in [2.24, 2.45) is 0 Å². The predicted octanol–water partition coefficient (Wildman–Crippen LogP) is 1.28. The number of nitrogens with one attached hydrogen (secondary N) is 1. The molecule has 8 heteroatoms. The van der Waals surface area contributed by atoms with E-state index in [0.717, 1.165) is 10.8 Å². The molecule has 1 heterocycles. The first kappa shape index (κ1) is 15.5. The van der Waals surface area contributed by atoms with Crippen molar-refractivity contribution in [3.63, 3.8) is 0 Å². The Bertz CT molecular complexity index is 807. The number of H-pyrrole nitrogens is 1. The molecule has 2 aromatic rings. The molecule has 0 amide bonds. The van der Waals surface area contributed by atoms with Crippen LogP contribution in [0.1, 0.15) is 19.4 Å². The molecule has 0 aliphatic heterocycles. The lowest BCUT2D eigenvalue weighted by Crippen LogP contribution is -2.31. The van der Waals surface area contributed by atoms with E-state index < -0.39 is 21.9 Å². The molecule has 0 atom stereocenters. The van der Waals surface area contributed by atoms with Crippen LogP contribution >= 0.6 is 0 Å². The zero-order valence-corrected chi connectivity index (χ0v) is 12.1. The molecule has 0 saturated heterocycles. The second kappa shape index (κ2) is 6.25. The van der Waals surface area contributed by atoms with Crippen LogP contribution in [0.4, 0.5) is 5.69 Å². The molecule has 8 nitrogen and oxygen atoms in total. The van der Waals surface area contributed by atoms with Gasteiger partial charge in [0.25, 0.3) is 0 Å². The number of ether oxygens (including phenoxy) is 1. The standard InChI is InChI=1S/C14H15N3O5/c1-9(2)22-12-6-4-3-5-10(12)7-16-8-11(17(20)21)13(18)15-14(16)19/h3-6,8-9H,7H2,1-2H3,(H,15,18,19). The fourth-order valence-corrected chi connectivity index (χ4v) is 1.93. The van der Waals surface area contributed by atoms with Gasteiger partial charge in [0, 0.05) is 5.56 Å². The van der Waals surface area contributed by atoms with E-state index >= 15 is 0 Å². The average Bonchev–Trinajstić information content (AvgIpc) is 2.42. The molecule has 116 valence electrons. The van der Waals surface area contributed by atoms with Gasteiger partial charge in [0.15, 0.2) is 0 Å². The van der Waals surface area contributed by atoms with Crippen molar-refractivity contribution in [3.05, 3.63) is 67.0 Å². The van der Waals surface area contributed by atoms with Crippen molar-refractivity contribution in [1.29, 1.82) is 0 Å². The van der Waals surface area contributed by atoms with Crippen LogP contribution in [-0.4, -0.2) is 20.6 Å². The molecule has 0 saturated carbocycles. The van der Waals surface area contributed by atoms with Crippen molar-refractivity contribution in [1.82, 2.24) is 9.55 Å². The van der Waals surface area contributed by atoms with Gasteiger partial charge < -0.3 is 4.74 Å². The molecular formula is C14H15N3O5. The largest absolute Gasteiger partial charge is 0.491 e. The molecule has 1 aromatic carbocycles. The molecule has 0 unspecified atom stereocenters. The van der Waals surface area contributed by atoms with Crippen LogP contribution in [0.3, 0.4) is 0 Å². The quantitative estimate of drug-likeness (QED) is 0.661. The second-order valence-electron chi connectivity index (χ2n) is 4.93. The summed E-state index contributed by atoms with van der Waals surface area (Å²) in [6, 6.07) is 7.06. The molecule has 0 aliphatic carbocycles. The lowest BCUT2D eigenvalue weighted by atomic mass is 10.2. The number of hydrogen-bond acceptors (Lipinski definition) is 5. The molecule has 0 aliphatic rings. The summed E-state index contributed by atoms with van der Waals surface area (Å²) in [6.45, 7) is 3.79. The molecule has 0 fully saturated rings. The van der Waals surface area contributed by atoms with Crippen molar-refractivity contribution in [2.45, 2.75) is 26.5 Å². The van der Waals surface area contributed by atoms with Gasteiger partial charge in [-0.3, -0.25) is 24.5 Å². The third-order valence-electron chi connectivity index (χ3n) is 2.86. The average molecular weight is 305 g/mol. The minimum absolute atomic E-state index is 0.0530. The van der Waals surface area contributed by atoms with Crippen LogP contribution in [0.2, 0.25) is 0 Å². The SMILES string of the molecule is CC(C)Oc1ccccc1Cn1cc([N+](=O)[O-])c(=O)[nH]c1=O. The summed E-state index contributed by atoms with van der Waals surface area (Å²) in [4.78, 5) is 35.1. The van der Waals surface area contributed by atoms with E-state index in [1.807, 2.05) is 18.8 Å². The van der Waals surface area contributed by atoms with Crippen molar-refractivity contribution < 1.29 is 9.66 Å². The number of hydrogen-bond donors (Lipinski definition) is 1. The summed E-state index contributed by atoms with van der Waals surface area (Å²) >= 11 is 0. The Morgan fingerprint density at radius 2 is 2.00 bits per heavy atom. The second-order valence-corrected chi connectivity index (χ2v) is 4.93. The number of aromatic nitrogens is 2. The number of nitro groups is 1. The summed E-state index contributed by atoms with van der Waals surface area (Å²) in [6.07, 6.45) is 0.885. The van der Waals surface area contributed by atoms with Crippen LogP contribution in [-0.2, 0) is 6.54 Å². The molecule has 2 rings (SSSR count). The minimum atomic E-state index is -1.02. The summed E-state index contributed by atoms with van der Waals surface area (Å²) in [5.41, 5.74) is -1.73.